The van der Waals surface area contributed by atoms with Crippen molar-refractivity contribution in [1.29, 1.82) is 5.26 Å². The molecule has 0 saturated heterocycles. The molecule has 0 unspecified atom stereocenters. The highest BCUT2D eigenvalue weighted by Crippen LogP contribution is 2.46. The topological polar surface area (TPSA) is 87.9 Å². The van der Waals surface area contributed by atoms with E-state index in [4.69, 9.17) is 4.42 Å². The number of benzene rings is 2. The molecule has 5 rings (SSSR count). The Bertz CT molecular complexity index is 1390. The second-order valence-corrected chi connectivity index (χ2v) is 9.06. The van der Waals surface area contributed by atoms with Gasteiger partial charge in [0.2, 0.25) is 5.82 Å². The fraction of sp³-hybridized carbons (Fsp3) is 0.0833. The summed E-state index contributed by atoms with van der Waals surface area (Å²) in [5.41, 5.74) is 1.98. The van der Waals surface area contributed by atoms with Gasteiger partial charge in [-0.2, -0.15) is 5.26 Å². The molecular weight excluding hydrogens is 454 g/mol. The molecular formula is C24H17N5O2S2. The third-order valence-electron chi connectivity index (χ3n) is 5.06. The number of Topliss-reactive ketones (excluding diaryl/α,β-unsaturated/α-hetero) is 1. The molecule has 0 fully saturated rings. The number of allylic oxidation sites excluding steroid dienone is 1. The van der Waals surface area contributed by atoms with Crippen molar-refractivity contribution in [3.63, 3.8) is 0 Å². The number of nitriles is 1. The van der Waals surface area contributed by atoms with Crippen LogP contribution >= 0.6 is 23.5 Å². The van der Waals surface area contributed by atoms with Crippen molar-refractivity contribution in [2.45, 2.75) is 10.1 Å². The lowest BCUT2D eigenvalue weighted by atomic mass is 10.2. The van der Waals surface area contributed by atoms with Crippen LogP contribution in [0.3, 0.4) is 0 Å². The molecule has 33 heavy (non-hydrogen) atoms. The zero-order valence-electron chi connectivity index (χ0n) is 17.5. The van der Waals surface area contributed by atoms with Crippen LogP contribution in [0.2, 0.25) is 0 Å². The minimum absolute atomic E-state index is 0.0558. The predicted octanol–water partition coefficient (Wildman–Crippen LogP) is 5.17. The molecule has 2 aromatic heterocycles. The smallest absolute Gasteiger partial charge is 0.205 e. The van der Waals surface area contributed by atoms with E-state index in [2.05, 4.69) is 16.3 Å². The second-order valence-electron chi connectivity index (χ2n) is 7.09. The molecule has 9 heteroatoms. The van der Waals surface area contributed by atoms with Gasteiger partial charge in [-0.1, -0.05) is 53.9 Å². The van der Waals surface area contributed by atoms with Gasteiger partial charge in [-0.25, -0.2) is 0 Å². The summed E-state index contributed by atoms with van der Waals surface area (Å²) in [6.07, 6.45) is 1.58. The zero-order valence-corrected chi connectivity index (χ0v) is 19.1. The molecule has 0 atom stereocenters. The quantitative estimate of drug-likeness (QED) is 0.216. The molecule has 4 aromatic rings. The standard InChI is InChI=1S/C24H17N5O2S2/c1-28-18-10-5-6-12-21(18)33-23(28)17(14-25)19(30)15-32-24-27-26-22(20-11-7-13-31-20)29(24)16-8-3-2-4-9-16/h2-13H,15H2,1H3/b23-17-. The van der Waals surface area contributed by atoms with Crippen LogP contribution in [-0.4, -0.2) is 33.3 Å². The van der Waals surface area contributed by atoms with E-state index in [1.807, 2.05) is 77.2 Å². The highest BCUT2D eigenvalue weighted by Gasteiger charge is 2.28. The molecule has 2 aromatic carbocycles. The minimum Gasteiger partial charge on any atom is -0.461 e. The highest BCUT2D eigenvalue weighted by molar-refractivity contribution is 8.03. The average Bonchev–Trinajstić information content (AvgIpc) is 3.58. The van der Waals surface area contributed by atoms with Crippen LogP contribution in [0.15, 0.2) is 98.1 Å². The van der Waals surface area contributed by atoms with Crippen molar-refractivity contribution in [2.75, 3.05) is 17.7 Å². The van der Waals surface area contributed by atoms with Crippen LogP contribution in [0.4, 0.5) is 5.69 Å². The predicted molar refractivity (Wildman–Crippen MR) is 128 cm³/mol. The molecule has 7 nitrogen and oxygen atoms in total. The number of anilines is 1. The van der Waals surface area contributed by atoms with Gasteiger partial charge in [0.15, 0.2) is 16.7 Å². The summed E-state index contributed by atoms with van der Waals surface area (Å²) in [5, 5.41) is 19.6. The summed E-state index contributed by atoms with van der Waals surface area (Å²) in [6, 6.07) is 23.2. The van der Waals surface area contributed by atoms with Crippen LogP contribution in [0, 0.1) is 11.3 Å². The third kappa shape index (κ3) is 3.95. The molecule has 1 aliphatic rings. The first-order valence-corrected chi connectivity index (χ1v) is 11.8. The number of carbonyl (C=O) groups excluding carboxylic acids is 1. The van der Waals surface area contributed by atoms with Crippen molar-refractivity contribution in [3.05, 3.63) is 83.6 Å². The van der Waals surface area contributed by atoms with E-state index in [0.717, 1.165) is 16.3 Å². The molecule has 0 bridgehead atoms. The lowest BCUT2D eigenvalue weighted by molar-refractivity contribution is -0.112. The van der Waals surface area contributed by atoms with Gasteiger partial charge in [-0.15, -0.1) is 10.2 Å². The number of furan rings is 1. The number of hydrogen-bond acceptors (Lipinski definition) is 8. The number of para-hydroxylation sites is 2. The van der Waals surface area contributed by atoms with Crippen LogP contribution in [0.25, 0.3) is 17.3 Å². The van der Waals surface area contributed by atoms with Crippen LogP contribution < -0.4 is 4.90 Å². The Morgan fingerprint density at radius 1 is 1.09 bits per heavy atom. The number of fused-ring (bicyclic) bond motifs is 1. The molecule has 3 heterocycles. The van der Waals surface area contributed by atoms with Crippen molar-refractivity contribution in [3.8, 4) is 23.3 Å². The molecule has 0 N–H and O–H groups in total. The van der Waals surface area contributed by atoms with E-state index in [1.54, 1.807) is 12.3 Å². The molecule has 0 radical (unpaired) electrons. The fourth-order valence-corrected chi connectivity index (χ4v) is 5.48. The van der Waals surface area contributed by atoms with E-state index >= 15 is 0 Å². The van der Waals surface area contributed by atoms with Crippen LogP contribution in [0.1, 0.15) is 0 Å². The van der Waals surface area contributed by atoms with Crippen molar-refractivity contribution in [2.24, 2.45) is 0 Å². The van der Waals surface area contributed by atoms with Crippen molar-refractivity contribution >= 4 is 35.0 Å². The number of aromatic nitrogens is 3. The number of rotatable bonds is 6. The van der Waals surface area contributed by atoms with Crippen LogP contribution in [-0.2, 0) is 4.79 Å². The second kappa shape index (κ2) is 9.02. The third-order valence-corrected chi connectivity index (χ3v) is 7.23. The number of hydrogen-bond donors (Lipinski definition) is 0. The SMILES string of the molecule is CN1/C(=C(\C#N)C(=O)CSc2nnc(-c3ccco3)n2-c2ccccc2)Sc2ccccc21. The van der Waals surface area contributed by atoms with Gasteiger partial charge < -0.3 is 9.32 Å². The molecule has 0 spiro atoms. The summed E-state index contributed by atoms with van der Waals surface area (Å²) in [5.74, 6) is 0.916. The Labute approximate surface area is 198 Å². The maximum atomic E-state index is 13.1. The van der Waals surface area contributed by atoms with Gasteiger partial charge in [0, 0.05) is 17.6 Å². The first-order valence-electron chi connectivity index (χ1n) is 10.0. The monoisotopic (exact) mass is 471 g/mol. The van der Waals surface area contributed by atoms with E-state index in [1.165, 1.54) is 23.5 Å². The highest BCUT2D eigenvalue weighted by atomic mass is 32.2. The number of nitrogens with zero attached hydrogens (tertiary/aromatic N) is 5. The summed E-state index contributed by atoms with van der Waals surface area (Å²) >= 11 is 2.68. The van der Waals surface area contributed by atoms with Gasteiger partial charge in [0.05, 0.1) is 17.7 Å². The van der Waals surface area contributed by atoms with E-state index in [-0.39, 0.29) is 17.1 Å². The molecule has 0 aliphatic carbocycles. The first kappa shape index (κ1) is 21.1. The summed E-state index contributed by atoms with van der Waals surface area (Å²) < 4.78 is 7.38. The summed E-state index contributed by atoms with van der Waals surface area (Å²) in [6.45, 7) is 0. The first-order chi connectivity index (χ1) is 16.2. The molecule has 0 saturated carbocycles. The summed E-state index contributed by atoms with van der Waals surface area (Å²) in [4.78, 5) is 16.0. The Balaban J connectivity index is 1.43. The Morgan fingerprint density at radius 2 is 1.88 bits per heavy atom. The Morgan fingerprint density at radius 3 is 2.61 bits per heavy atom. The van der Waals surface area contributed by atoms with Gasteiger partial charge >= 0.3 is 0 Å². The maximum absolute atomic E-state index is 13.1. The minimum atomic E-state index is -0.258. The largest absolute Gasteiger partial charge is 0.461 e. The number of carbonyl (C=O) groups is 1. The number of thioether (sulfide) groups is 2. The Hall–Kier alpha value is -3.74. The van der Waals surface area contributed by atoms with Gasteiger partial charge in [0.25, 0.3) is 0 Å². The Kier molecular flexibility index (Phi) is 5.77. The van der Waals surface area contributed by atoms with Crippen molar-refractivity contribution < 1.29 is 9.21 Å². The molecule has 0 amide bonds. The fourth-order valence-electron chi connectivity index (χ4n) is 3.49. The molecule has 162 valence electrons. The normalized spacial score (nSPS) is 14.1. The van der Waals surface area contributed by atoms with E-state index in [9.17, 15) is 10.1 Å². The number of ketones is 1. The van der Waals surface area contributed by atoms with Gasteiger partial charge in [-0.05, 0) is 36.4 Å². The summed E-state index contributed by atoms with van der Waals surface area (Å²) in [7, 11) is 1.87. The zero-order chi connectivity index (χ0) is 22.8. The average molecular weight is 472 g/mol. The lowest BCUT2D eigenvalue weighted by Crippen LogP contribution is -2.16. The van der Waals surface area contributed by atoms with E-state index in [0.29, 0.717) is 21.8 Å². The van der Waals surface area contributed by atoms with Gasteiger partial charge in [0.1, 0.15) is 16.7 Å². The maximum Gasteiger partial charge on any atom is 0.205 e. The van der Waals surface area contributed by atoms with E-state index < -0.39 is 0 Å². The lowest BCUT2D eigenvalue weighted by Gasteiger charge is -2.14. The van der Waals surface area contributed by atoms with Crippen molar-refractivity contribution in [1.82, 2.24) is 14.8 Å². The molecule has 1 aliphatic heterocycles. The van der Waals surface area contributed by atoms with Gasteiger partial charge in [-0.3, -0.25) is 9.36 Å². The van der Waals surface area contributed by atoms with Crippen LogP contribution in [0.5, 0.6) is 0 Å².